The van der Waals surface area contributed by atoms with Gasteiger partial charge in [0, 0.05) is 12.4 Å². The van der Waals surface area contributed by atoms with Gasteiger partial charge in [-0.25, -0.2) is 4.79 Å². The van der Waals surface area contributed by atoms with Gasteiger partial charge in [0.15, 0.2) is 0 Å². The van der Waals surface area contributed by atoms with E-state index in [0.29, 0.717) is 0 Å². The van der Waals surface area contributed by atoms with Gasteiger partial charge in [-0.2, -0.15) is 10.1 Å². The van der Waals surface area contributed by atoms with E-state index in [1.54, 1.807) is 27.7 Å². The molecule has 0 fully saturated rings. The number of hydrogen-bond acceptors (Lipinski definition) is 3. The second kappa shape index (κ2) is 4.64. The molecule has 0 heterocycles. The fraction of sp³-hybridized carbons (Fsp3) is 0.556. The molecule has 0 aromatic heterocycles. The molecule has 0 aliphatic carbocycles. The zero-order chi connectivity index (χ0) is 10.5. The van der Waals surface area contributed by atoms with Crippen molar-refractivity contribution in [1.29, 1.82) is 0 Å². The van der Waals surface area contributed by atoms with E-state index in [1.807, 2.05) is 0 Å². The molecule has 0 radical (unpaired) electrons. The third kappa shape index (κ3) is 5.00. The number of ether oxygens (including phenoxy) is 1. The summed E-state index contributed by atoms with van der Waals surface area (Å²) in [4.78, 5) is 11.3. The predicted octanol–water partition coefficient (Wildman–Crippen LogP) is 2.37. The maximum absolute atomic E-state index is 11.3. The molecule has 0 N–H and O–H groups in total. The fourth-order valence-corrected chi connectivity index (χ4v) is 0.602. The van der Waals surface area contributed by atoms with E-state index in [9.17, 15) is 4.79 Å². The minimum Gasteiger partial charge on any atom is -0.442 e. The van der Waals surface area contributed by atoms with Gasteiger partial charge < -0.3 is 4.74 Å². The van der Waals surface area contributed by atoms with Crippen LogP contribution in [0.3, 0.4) is 0 Å². The molecule has 74 valence electrons. The van der Waals surface area contributed by atoms with Crippen molar-refractivity contribution < 1.29 is 9.53 Å². The molecule has 0 spiro atoms. The molecule has 0 aliphatic heterocycles. The highest BCUT2D eigenvalue weighted by atomic mass is 16.6. The van der Waals surface area contributed by atoms with Crippen LogP contribution in [0.1, 0.15) is 27.7 Å². The Morgan fingerprint density at radius 2 is 2.08 bits per heavy atom. The number of hydrazone groups is 1. The Hall–Kier alpha value is -1.32. The van der Waals surface area contributed by atoms with Crippen molar-refractivity contribution in [1.82, 2.24) is 5.01 Å². The monoisotopic (exact) mass is 184 g/mol. The van der Waals surface area contributed by atoms with Gasteiger partial charge in [0.05, 0.1) is 0 Å². The average Bonchev–Trinajstić information content (AvgIpc) is 1.96. The first kappa shape index (κ1) is 11.7. The number of nitrogens with zero attached hydrogens (tertiary/aromatic N) is 2. The van der Waals surface area contributed by atoms with Crippen LogP contribution in [-0.2, 0) is 4.74 Å². The molecule has 0 aliphatic rings. The molecular formula is C9H16N2O2. The van der Waals surface area contributed by atoms with Crippen molar-refractivity contribution in [3.8, 4) is 0 Å². The van der Waals surface area contributed by atoms with E-state index in [-0.39, 0.29) is 0 Å². The molecule has 0 saturated heterocycles. The molecule has 0 unspecified atom stereocenters. The van der Waals surface area contributed by atoms with Gasteiger partial charge >= 0.3 is 6.09 Å². The summed E-state index contributed by atoms with van der Waals surface area (Å²) in [5.74, 6) is 0. The highest BCUT2D eigenvalue weighted by Gasteiger charge is 2.19. The minimum absolute atomic E-state index is 0.512. The van der Waals surface area contributed by atoms with Crippen molar-refractivity contribution in [2.45, 2.75) is 33.3 Å². The third-order valence-corrected chi connectivity index (χ3v) is 0.993. The Morgan fingerprint density at radius 3 is 2.38 bits per heavy atom. The van der Waals surface area contributed by atoms with Gasteiger partial charge in [0.1, 0.15) is 5.60 Å². The molecule has 1 amide bonds. The first-order valence-corrected chi connectivity index (χ1v) is 4.04. The Morgan fingerprint density at radius 1 is 1.54 bits per heavy atom. The smallest absolute Gasteiger partial charge is 0.435 e. The van der Waals surface area contributed by atoms with Crippen LogP contribution in [0, 0.1) is 0 Å². The maximum Gasteiger partial charge on any atom is 0.435 e. The number of amides is 1. The molecule has 0 rings (SSSR count). The summed E-state index contributed by atoms with van der Waals surface area (Å²) >= 11 is 0. The van der Waals surface area contributed by atoms with Crippen molar-refractivity contribution in [2.24, 2.45) is 5.10 Å². The molecule has 0 saturated carbocycles. The molecule has 0 atom stereocenters. The molecular weight excluding hydrogens is 168 g/mol. The van der Waals surface area contributed by atoms with Crippen LogP contribution in [-0.4, -0.2) is 22.9 Å². The topological polar surface area (TPSA) is 41.9 Å². The second-order valence-corrected chi connectivity index (χ2v) is 3.38. The summed E-state index contributed by atoms with van der Waals surface area (Å²) in [5, 5.41) is 4.79. The first-order chi connectivity index (χ1) is 5.90. The summed E-state index contributed by atoms with van der Waals surface area (Å²) in [6, 6.07) is 0. The number of rotatable bonds is 2. The number of carbonyl (C=O) groups excluding carboxylic acids is 1. The largest absolute Gasteiger partial charge is 0.442 e. The Kier molecular flexibility index (Phi) is 4.17. The molecule has 0 aromatic rings. The normalized spacial score (nSPS) is 11.4. The Labute approximate surface area is 78.9 Å². The third-order valence-electron chi connectivity index (χ3n) is 0.993. The lowest BCUT2D eigenvalue weighted by Crippen LogP contribution is -2.30. The summed E-state index contributed by atoms with van der Waals surface area (Å²) in [5.41, 5.74) is -0.512. The van der Waals surface area contributed by atoms with Gasteiger partial charge in [-0.3, -0.25) is 0 Å². The van der Waals surface area contributed by atoms with E-state index >= 15 is 0 Å². The zero-order valence-corrected chi connectivity index (χ0v) is 8.57. The minimum atomic E-state index is -0.527. The molecule has 0 bridgehead atoms. The van der Waals surface area contributed by atoms with Gasteiger partial charge in [0.25, 0.3) is 0 Å². The molecule has 4 heteroatoms. The van der Waals surface area contributed by atoms with Crippen LogP contribution in [0.5, 0.6) is 0 Å². The van der Waals surface area contributed by atoms with Crippen LogP contribution in [0.4, 0.5) is 4.79 Å². The van der Waals surface area contributed by atoms with Crippen molar-refractivity contribution in [3.05, 3.63) is 12.8 Å². The van der Waals surface area contributed by atoms with E-state index in [1.165, 1.54) is 12.4 Å². The number of carbonyl (C=O) groups is 1. The van der Waals surface area contributed by atoms with Crippen molar-refractivity contribution in [3.63, 3.8) is 0 Å². The summed E-state index contributed by atoms with van der Waals surface area (Å²) in [7, 11) is 0. The quantitative estimate of drug-likeness (QED) is 0.488. The highest BCUT2D eigenvalue weighted by Crippen LogP contribution is 2.09. The van der Waals surface area contributed by atoms with E-state index in [4.69, 9.17) is 4.74 Å². The average molecular weight is 184 g/mol. The Balaban J connectivity index is 4.31. The number of hydrogen-bond donors (Lipinski definition) is 0. The van der Waals surface area contributed by atoms with Gasteiger partial charge in [-0.1, -0.05) is 6.58 Å². The van der Waals surface area contributed by atoms with Crippen LogP contribution >= 0.6 is 0 Å². The lowest BCUT2D eigenvalue weighted by Gasteiger charge is -2.22. The van der Waals surface area contributed by atoms with Gasteiger partial charge in [-0.15, -0.1) is 0 Å². The molecule has 4 nitrogen and oxygen atoms in total. The molecule has 13 heavy (non-hydrogen) atoms. The van der Waals surface area contributed by atoms with Crippen LogP contribution in [0.2, 0.25) is 0 Å². The summed E-state index contributed by atoms with van der Waals surface area (Å²) in [6.07, 6.45) is 2.26. The fourth-order valence-electron chi connectivity index (χ4n) is 0.602. The lowest BCUT2D eigenvalue weighted by molar-refractivity contribution is 0.0340. The summed E-state index contributed by atoms with van der Waals surface area (Å²) in [6.45, 7) is 10.5. The molecule has 0 aromatic carbocycles. The SMILES string of the molecule is C=CN(/N=C\C)C(=O)OC(C)(C)C. The van der Waals surface area contributed by atoms with Gasteiger partial charge in [-0.05, 0) is 27.7 Å². The summed E-state index contributed by atoms with van der Waals surface area (Å²) < 4.78 is 5.05. The van der Waals surface area contributed by atoms with Crippen molar-refractivity contribution >= 4 is 12.3 Å². The van der Waals surface area contributed by atoms with E-state index in [0.717, 1.165) is 5.01 Å². The van der Waals surface area contributed by atoms with E-state index < -0.39 is 11.7 Å². The van der Waals surface area contributed by atoms with E-state index in [2.05, 4.69) is 11.7 Å². The maximum atomic E-state index is 11.3. The standard InChI is InChI=1S/C9H16N2O2/c1-6-10-11(7-2)8(12)13-9(3,4)5/h6-7H,2H2,1,3-5H3/b10-6-. The van der Waals surface area contributed by atoms with Gasteiger partial charge in [0.2, 0.25) is 0 Å². The zero-order valence-electron chi connectivity index (χ0n) is 8.57. The highest BCUT2D eigenvalue weighted by molar-refractivity contribution is 5.70. The predicted molar refractivity (Wildman–Crippen MR) is 52.4 cm³/mol. The lowest BCUT2D eigenvalue weighted by atomic mass is 10.2. The van der Waals surface area contributed by atoms with Crippen molar-refractivity contribution in [2.75, 3.05) is 0 Å². The van der Waals surface area contributed by atoms with Crippen LogP contribution in [0.15, 0.2) is 17.9 Å². The van der Waals surface area contributed by atoms with Crippen LogP contribution in [0.25, 0.3) is 0 Å². The second-order valence-electron chi connectivity index (χ2n) is 3.38. The Bertz CT molecular complexity index is 216. The first-order valence-electron chi connectivity index (χ1n) is 4.04. The van der Waals surface area contributed by atoms with Crippen LogP contribution < -0.4 is 0 Å².